The Morgan fingerprint density at radius 1 is 1.22 bits per heavy atom. The molecular weight excluding hydrogens is 224 g/mol. The van der Waals surface area contributed by atoms with Gasteiger partial charge in [-0.1, -0.05) is 37.3 Å². The van der Waals surface area contributed by atoms with Crippen molar-refractivity contribution in [2.24, 2.45) is 0 Å². The zero-order valence-electron chi connectivity index (χ0n) is 11.3. The van der Waals surface area contributed by atoms with Gasteiger partial charge in [-0.2, -0.15) is 0 Å². The van der Waals surface area contributed by atoms with Crippen LogP contribution in [-0.2, 0) is 4.74 Å². The smallest absolute Gasteiger partial charge is 0.0594 e. The molecule has 3 nitrogen and oxygen atoms in total. The summed E-state index contributed by atoms with van der Waals surface area (Å²) in [6, 6.07) is 10.7. The highest BCUT2D eigenvalue weighted by Crippen LogP contribution is 2.12. The molecule has 0 amide bonds. The molecule has 100 valence electrons. The Morgan fingerprint density at radius 3 is 2.67 bits per heavy atom. The third-order valence-electron chi connectivity index (χ3n) is 3.53. The molecule has 0 aromatic heterocycles. The normalized spacial score (nSPS) is 18.7. The van der Waals surface area contributed by atoms with Crippen molar-refractivity contribution in [1.82, 2.24) is 10.2 Å². The summed E-state index contributed by atoms with van der Waals surface area (Å²) in [5.74, 6) is 0.580. The van der Waals surface area contributed by atoms with E-state index in [0.29, 0.717) is 5.92 Å². The van der Waals surface area contributed by atoms with Gasteiger partial charge in [-0.05, 0) is 11.5 Å². The van der Waals surface area contributed by atoms with Gasteiger partial charge in [-0.15, -0.1) is 0 Å². The molecule has 0 bridgehead atoms. The van der Waals surface area contributed by atoms with Crippen LogP contribution in [0.4, 0.5) is 0 Å². The van der Waals surface area contributed by atoms with Gasteiger partial charge >= 0.3 is 0 Å². The van der Waals surface area contributed by atoms with Crippen LogP contribution in [0.25, 0.3) is 0 Å². The van der Waals surface area contributed by atoms with Crippen molar-refractivity contribution in [2.75, 3.05) is 45.9 Å². The molecule has 1 aliphatic heterocycles. The lowest BCUT2D eigenvalue weighted by Crippen LogP contribution is -2.40. The number of nitrogens with one attached hydrogen (secondary N) is 1. The van der Waals surface area contributed by atoms with E-state index in [0.717, 1.165) is 45.9 Å². The molecule has 3 heteroatoms. The molecule has 18 heavy (non-hydrogen) atoms. The zero-order valence-corrected chi connectivity index (χ0v) is 11.3. The van der Waals surface area contributed by atoms with E-state index in [1.165, 1.54) is 5.56 Å². The van der Waals surface area contributed by atoms with Crippen LogP contribution in [-0.4, -0.2) is 50.8 Å². The lowest BCUT2D eigenvalue weighted by Gasteiger charge is -2.26. The Kier molecular flexibility index (Phi) is 5.65. The molecule has 1 heterocycles. The number of morpholine rings is 1. The van der Waals surface area contributed by atoms with Crippen LogP contribution in [0.5, 0.6) is 0 Å². The quantitative estimate of drug-likeness (QED) is 0.776. The fourth-order valence-electron chi connectivity index (χ4n) is 2.28. The molecule has 0 saturated carbocycles. The van der Waals surface area contributed by atoms with Crippen molar-refractivity contribution in [3.8, 4) is 0 Å². The fourth-order valence-corrected chi connectivity index (χ4v) is 2.28. The summed E-state index contributed by atoms with van der Waals surface area (Å²) in [6.07, 6.45) is 0. The van der Waals surface area contributed by atoms with Gasteiger partial charge in [-0.3, -0.25) is 4.90 Å². The van der Waals surface area contributed by atoms with Crippen LogP contribution in [0.1, 0.15) is 18.4 Å². The molecule has 1 aromatic carbocycles. The number of hydrogen-bond acceptors (Lipinski definition) is 3. The second-order valence-electron chi connectivity index (χ2n) is 4.97. The molecule has 1 N–H and O–H groups in total. The highest BCUT2D eigenvalue weighted by molar-refractivity contribution is 5.18. The molecule has 0 radical (unpaired) electrons. The Hall–Kier alpha value is -0.900. The Morgan fingerprint density at radius 2 is 1.94 bits per heavy atom. The van der Waals surface area contributed by atoms with E-state index in [1.807, 2.05) is 0 Å². The number of nitrogens with zero attached hydrogens (tertiary/aromatic N) is 1. The lowest BCUT2D eigenvalue weighted by atomic mass is 10.0. The monoisotopic (exact) mass is 248 g/mol. The Balaban J connectivity index is 1.60. The molecule has 1 fully saturated rings. The number of hydrogen-bond donors (Lipinski definition) is 1. The van der Waals surface area contributed by atoms with Gasteiger partial charge in [0.05, 0.1) is 13.2 Å². The van der Waals surface area contributed by atoms with Gasteiger partial charge in [0.15, 0.2) is 0 Å². The van der Waals surface area contributed by atoms with E-state index in [1.54, 1.807) is 0 Å². The van der Waals surface area contributed by atoms with Crippen LogP contribution < -0.4 is 5.32 Å². The van der Waals surface area contributed by atoms with E-state index >= 15 is 0 Å². The minimum Gasteiger partial charge on any atom is -0.379 e. The molecule has 1 atom stereocenters. The van der Waals surface area contributed by atoms with Crippen molar-refractivity contribution < 1.29 is 4.74 Å². The van der Waals surface area contributed by atoms with E-state index in [2.05, 4.69) is 47.5 Å². The third kappa shape index (κ3) is 4.41. The van der Waals surface area contributed by atoms with Crippen molar-refractivity contribution in [1.29, 1.82) is 0 Å². The van der Waals surface area contributed by atoms with E-state index in [9.17, 15) is 0 Å². The molecule has 0 spiro atoms. The number of rotatable bonds is 6. The maximum atomic E-state index is 5.34. The number of benzene rings is 1. The molecule has 0 aliphatic carbocycles. The van der Waals surface area contributed by atoms with Crippen LogP contribution in [0, 0.1) is 0 Å². The van der Waals surface area contributed by atoms with Crippen LogP contribution >= 0.6 is 0 Å². The average Bonchev–Trinajstić information content (AvgIpc) is 2.45. The summed E-state index contributed by atoms with van der Waals surface area (Å²) in [6.45, 7) is 9.46. The highest BCUT2D eigenvalue weighted by Gasteiger charge is 2.09. The fraction of sp³-hybridized carbons (Fsp3) is 0.600. The summed E-state index contributed by atoms with van der Waals surface area (Å²) < 4.78 is 5.34. The molecule has 1 aromatic rings. The van der Waals surface area contributed by atoms with E-state index in [4.69, 9.17) is 4.74 Å². The van der Waals surface area contributed by atoms with Crippen LogP contribution in [0.3, 0.4) is 0 Å². The summed E-state index contributed by atoms with van der Waals surface area (Å²) in [4.78, 5) is 2.46. The summed E-state index contributed by atoms with van der Waals surface area (Å²) in [5, 5.41) is 3.55. The van der Waals surface area contributed by atoms with Crippen molar-refractivity contribution in [3.63, 3.8) is 0 Å². The van der Waals surface area contributed by atoms with Gasteiger partial charge in [0.2, 0.25) is 0 Å². The highest BCUT2D eigenvalue weighted by atomic mass is 16.5. The lowest BCUT2D eigenvalue weighted by molar-refractivity contribution is 0.0384. The van der Waals surface area contributed by atoms with Gasteiger partial charge in [0.1, 0.15) is 0 Å². The second kappa shape index (κ2) is 7.52. The largest absolute Gasteiger partial charge is 0.379 e. The molecule has 2 rings (SSSR count). The van der Waals surface area contributed by atoms with Crippen molar-refractivity contribution >= 4 is 0 Å². The third-order valence-corrected chi connectivity index (χ3v) is 3.53. The first kappa shape index (κ1) is 13.5. The Labute approximate surface area is 110 Å². The maximum Gasteiger partial charge on any atom is 0.0594 e. The first-order chi connectivity index (χ1) is 8.86. The van der Waals surface area contributed by atoms with Gasteiger partial charge in [0, 0.05) is 32.7 Å². The molecule has 1 unspecified atom stereocenters. The van der Waals surface area contributed by atoms with E-state index < -0.39 is 0 Å². The predicted octanol–water partition coefficient (Wildman–Crippen LogP) is 1.71. The van der Waals surface area contributed by atoms with Crippen molar-refractivity contribution in [3.05, 3.63) is 35.9 Å². The van der Waals surface area contributed by atoms with Crippen molar-refractivity contribution in [2.45, 2.75) is 12.8 Å². The predicted molar refractivity (Wildman–Crippen MR) is 75.0 cm³/mol. The van der Waals surface area contributed by atoms with Crippen LogP contribution in [0.2, 0.25) is 0 Å². The summed E-state index contributed by atoms with van der Waals surface area (Å²) in [5.41, 5.74) is 1.41. The first-order valence-corrected chi connectivity index (χ1v) is 6.92. The topological polar surface area (TPSA) is 24.5 Å². The molecular formula is C15H24N2O. The van der Waals surface area contributed by atoms with Crippen LogP contribution in [0.15, 0.2) is 30.3 Å². The Bertz CT molecular complexity index is 323. The molecule has 1 saturated heterocycles. The minimum absolute atomic E-state index is 0.580. The first-order valence-electron chi connectivity index (χ1n) is 6.92. The summed E-state index contributed by atoms with van der Waals surface area (Å²) >= 11 is 0. The average molecular weight is 248 g/mol. The SMILES string of the molecule is CC(CNCCN1CCOCC1)c1ccccc1. The standard InChI is InChI=1S/C15H24N2O/c1-14(15-5-3-2-4-6-15)13-16-7-8-17-9-11-18-12-10-17/h2-6,14,16H,7-13H2,1H3. The van der Waals surface area contributed by atoms with Gasteiger partial charge in [-0.25, -0.2) is 0 Å². The molecule has 1 aliphatic rings. The van der Waals surface area contributed by atoms with Gasteiger partial charge in [0.25, 0.3) is 0 Å². The second-order valence-corrected chi connectivity index (χ2v) is 4.97. The summed E-state index contributed by atoms with van der Waals surface area (Å²) in [7, 11) is 0. The minimum atomic E-state index is 0.580. The zero-order chi connectivity index (χ0) is 12.6. The number of ether oxygens (including phenoxy) is 1. The maximum absolute atomic E-state index is 5.34. The van der Waals surface area contributed by atoms with Gasteiger partial charge < -0.3 is 10.1 Å². The van der Waals surface area contributed by atoms with E-state index in [-0.39, 0.29) is 0 Å².